The van der Waals surface area contributed by atoms with Crippen LogP contribution in [0.25, 0.3) is 0 Å². The molecule has 112 valence electrons. The monoisotopic (exact) mass is 288 g/mol. The minimum atomic E-state index is -1.08. The van der Waals surface area contributed by atoms with Crippen molar-refractivity contribution in [2.75, 3.05) is 13.1 Å². The topological polar surface area (TPSA) is 73.6 Å². The summed E-state index contributed by atoms with van der Waals surface area (Å²) in [4.78, 5) is 13.5. The van der Waals surface area contributed by atoms with E-state index in [1.54, 1.807) is 24.3 Å². The number of nitriles is 1. The number of hydrogen-bond donors (Lipinski definition) is 1. The zero-order valence-corrected chi connectivity index (χ0v) is 12.6. The summed E-state index contributed by atoms with van der Waals surface area (Å²) in [5.74, 6) is 0. The van der Waals surface area contributed by atoms with E-state index >= 15 is 0 Å². The van der Waals surface area contributed by atoms with Gasteiger partial charge in [-0.1, -0.05) is 12.1 Å². The Labute approximate surface area is 124 Å². The molecule has 1 aromatic carbocycles. The first-order chi connectivity index (χ1) is 9.73. The second kappa shape index (κ2) is 5.38. The van der Waals surface area contributed by atoms with E-state index in [-0.39, 0.29) is 6.54 Å². The lowest BCUT2D eigenvalue weighted by atomic mass is 9.92. The Hall–Kier alpha value is -2.06. The number of aliphatic hydroxyl groups is 1. The van der Waals surface area contributed by atoms with Crippen LogP contribution >= 0.6 is 0 Å². The summed E-state index contributed by atoms with van der Waals surface area (Å²) in [6.07, 6.45) is 0.0464. The van der Waals surface area contributed by atoms with Crippen LogP contribution in [0, 0.1) is 11.3 Å². The Morgan fingerprint density at radius 2 is 2.00 bits per heavy atom. The van der Waals surface area contributed by atoms with E-state index in [4.69, 9.17) is 10.00 Å². The Morgan fingerprint density at radius 3 is 2.52 bits per heavy atom. The highest BCUT2D eigenvalue weighted by atomic mass is 16.6. The lowest BCUT2D eigenvalue weighted by Crippen LogP contribution is -2.38. The summed E-state index contributed by atoms with van der Waals surface area (Å²) in [5.41, 5.74) is -0.367. The number of likely N-dealkylation sites (tertiary alicyclic amines) is 1. The van der Waals surface area contributed by atoms with Crippen molar-refractivity contribution < 1.29 is 14.6 Å². The van der Waals surface area contributed by atoms with Crippen molar-refractivity contribution in [2.24, 2.45) is 0 Å². The quantitative estimate of drug-likeness (QED) is 0.861. The summed E-state index contributed by atoms with van der Waals surface area (Å²) in [6, 6.07) is 8.85. The van der Waals surface area contributed by atoms with E-state index in [0.717, 1.165) is 0 Å². The van der Waals surface area contributed by atoms with Gasteiger partial charge in [-0.15, -0.1) is 0 Å². The van der Waals surface area contributed by atoms with Gasteiger partial charge < -0.3 is 14.7 Å². The van der Waals surface area contributed by atoms with Crippen LogP contribution in [0.4, 0.5) is 4.79 Å². The number of β-amino-alcohol motifs (C(OH)–C–C–N with tert-alkyl or cyclic N) is 1. The number of nitrogens with zero attached hydrogens (tertiary/aromatic N) is 2. The molecule has 0 saturated carbocycles. The molecule has 0 bridgehead atoms. The molecule has 1 saturated heterocycles. The zero-order valence-electron chi connectivity index (χ0n) is 12.6. The molecule has 1 heterocycles. The molecule has 0 radical (unpaired) electrons. The summed E-state index contributed by atoms with van der Waals surface area (Å²) in [5, 5.41) is 19.5. The van der Waals surface area contributed by atoms with Crippen molar-refractivity contribution in [2.45, 2.75) is 38.4 Å². The van der Waals surface area contributed by atoms with E-state index in [2.05, 4.69) is 0 Å². The third-order valence-electron chi connectivity index (χ3n) is 3.45. The second-order valence-corrected chi connectivity index (χ2v) is 6.37. The maximum Gasteiger partial charge on any atom is 0.410 e. The van der Waals surface area contributed by atoms with Gasteiger partial charge in [0.25, 0.3) is 0 Å². The smallest absolute Gasteiger partial charge is 0.410 e. The van der Waals surface area contributed by atoms with E-state index in [1.807, 2.05) is 26.8 Å². The Morgan fingerprint density at radius 1 is 1.38 bits per heavy atom. The lowest BCUT2D eigenvalue weighted by Gasteiger charge is -2.26. The van der Waals surface area contributed by atoms with Gasteiger partial charge in [0.2, 0.25) is 0 Å². The molecular formula is C16H20N2O3. The van der Waals surface area contributed by atoms with Gasteiger partial charge in [0.15, 0.2) is 0 Å². The van der Waals surface area contributed by atoms with Gasteiger partial charge in [0, 0.05) is 6.54 Å². The highest BCUT2D eigenvalue weighted by Crippen LogP contribution is 2.32. The number of rotatable bonds is 1. The molecule has 5 nitrogen and oxygen atoms in total. The normalized spacial score (nSPS) is 22.0. The molecule has 1 unspecified atom stereocenters. The van der Waals surface area contributed by atoms with Crippen LogP contribution in [0.3, 0.4) is 0 Å². The van der Waals surface area contributed by atoms with Gasteiger partial charge in [-0.3, -0.25) is 0 Å². The van der Waals surface area contributed by atoms with E-state index in [9.17, 15) is 9.90 Å². The van der Waals surface area contributed by atoms with Gasteiger partial charge in [0.05, 0.1) is 18.2 Å². The predicted octanol–water partition coefficient (Wildman–Crippen LogP) is 2.39. The van der Waals surface area contributed by atoms with Crippen LogP contribution in [0.5, 0.6) is 0 Å². The molecule has 21 heavy (non-hydrogen) atoms. The Bertz CT molecular complexity index is 569. The van der Waals surface area contributed by atoms with Gasteiger partial charge in [-0.05, 0) is 44.9 Å². The molecule has 1 fully saturated rings. The molecule has 1 N–H and O–H groups in total. The minimum Gasteiger partial charge on any atom is -0.444 e. The molecule has 1 aliphatic heterocycles. The van der Waals surface area contributed by atoms with Crippen LogP contribution in [0.1, 0.15) is 38.3 Å². The fourth-order valence-electron chi connectivity index (χ4n) is 2.37. The number of carbonyl (C=O) groups is 1. The van der Waals surface area contributed by atoms with Crippen molar-refractivity contribution >= 4 is 6.09 Å². The number of carbonyl (C=O) groups excluding carboxylic acids is 1. The van der Waals surface area contributed by atoms with Crippen LogP contribution < -0.4 is 0 Å². The van der Waals surface area contributed by atoms with E-state index in [0.29, 0.717) is 24.1 Å². The van der Waals surface area contributed by atoms with Gasteiger partial charge >= 0.3 is 6.09 Å². The molecule has 2 rings (SSSR count). The average Bonchev–Trinajstić information content (AvgIpc) is 2.81. The molecule has 1 atom stereocenters. The highest BCUT2D eigenvalue weighted by molar-refractivity contribution is 5.68. The molecule has 1 amide bonds. The first kappa shape index (κ1) is 15.3. The van der Waals surface area contributed by atoms with Crippen molar-refractivity contribution in [1.82, 2.24) is 4.90 Å². The average molecular weight is 288 g/mol. The summed E-state index contributed by atoms with van der Waals surface area (Å²) in [7, 11) is 0. The second-order valence-electron chi connectivity index (χ2n) is 6.37. The van der Waals surface area contributed by atoms with Crippen molar-refractivity contribution in [3.05, 3.63) is 35.4 Å². The summed E-state index contributed by atoms with van der Waals surface area (Å²) < 4.78 is 5.32. The first-order valence-electron chi connectivity index (χ1n) is 6.94. The number of amides is 1. The van der Waals surface area contributed by atoms with Crippen LogP contribution in [-0.4, -0.2) is 34.8 Å². The molecule has 1 aliphatic rings. The van der Waals surface area contributed by atoms with Gasteiger partial charge in [-0.2, -0.15) is 5.26 Å². The first-order valence-corrected chi connectivity index (χ1v) is 6.94. The maximum atomic E-state index is 12.0. The Balaban J connectivity index is 2.09. The van der Waals surface area contributed by atoms with Crippen LogP contribution in [0.2, 0.25) is 0 Å². The number of ether oxygens (including phenoxy) is 1. The standard InChI is InChI=1S/C16H20N2O3/c1-15(2,3)21-14(19)18-9-8-16(20,11-18)13-6-4-12(10-17)5-7-13/h4-7,20H,8-9,11H2,1-3H3. The van der Waals surface area contributed by atoms with Crippen molar-refractivity contribution in [3.63, 3.8) is 0 Å². The van der Waals surface area contributed by atoms with Gasteiger partial charge in [0.1, 0.15) is 11.2 Å². The zero-order chi connectivity index (χ0) is 15.7. The number of hydrogen-bond acceptors (Lipinski definition) is 4. The number of benzene rings is 1. The molecule has 5 heteroatoms. The van der Waals surface area contributed by atoms with Crippen LogP contribution in [0.15, 0.2) is 24.3 Å². The van der Waals surface area contributed by atoms with E-state index < -0.39 is 17.3 Å². The fraction of sp³-hybridized carbons (Fsp3) is 0.500. The molecular weight excluding hydrogens is 268 g/mol. The highest BCUT2D eigenvalue weighted by Gasteiger charge is 2.40. The summed E-state index contributed by atoms with van der Waals surface area (Å²) >= 11 is 0. The van der Waals surface area contributed by atoms with Crippen LogP contribution in [-0.2, 0) is 10.3 Å². The van der Waals surface area contributed by atoms with Crippen molar-refractivity contribution in [1.29, 1.82) is 5.26 Å². The SMILES string of the molecule is CC(C)(C)OC(=O)N1CCC(O)(c2ccc(C#N)cc2)C1. The van der Waals surface area contributed by atoms with Crippen molar-refractivity contribution in [3.8, 4) is 6.07 Å². The maximum absolute atomic E-state index is 12.0. The Kier molecular flexibility index (Phi) is 3.93. The lowest BCUT2D eigenvalue weighted by molar-refractivity contribution is 0.0140. The summed E-state index contributed by atoms with van der Waals surface area (Å²) in [6.45, 7) is 6.09. The molecule has 0 aliphatic carbocycles. The minimum absolute atomic E-state index is 0.202. The molecule has 0 aromatic heterocycles. The third-order valence-corrected chi connectivity index (χ3v) is 3.45. The molecule has 0 spiro atoms. The van der Waals surface area contributed by atoms with Gasteiger partial charge in [-0.25, -0.2) is 4.79 Å². The molecule has 1 aromatic rings. The van der Waals surface area contributed by atoms with E-state index in [1.165, 1.54) is 4.90 Å². The fourth-order valence-corrected chi connectivity index (χ4v) is 2.37. The largest absolute Gasteiger partial charge is 0.444 e. The predicted molar refractivity (Wildman–Crippen MR) is 77.5 cm³/mol. The third kappa shape index (κ3) is 3.53.